The number of carbonyl (C=O) groups excluding carboxylic acids is 2. The topological polar surface area (TPSA) is 104 Å². The van der Waals surface area contributed by atoms with E-state index < -0.39 is 36.2 Å². The van der Waals surface area contributed by atoms with Crippen LogP contribution in [0.4, 0.5) is 0 Å². The molecular weight excluding hydrogens is 264 g/mol. The molecule has 0 bridgehead atoms. The Balaban J connectivity index is 2.27. The molecule has 6 heteroatoms. The number of aliphatic hydroxyl groups excluding tert-OH is 3. The fourth-order valence-electron chi connectivity index (χ4n) is 2.30. The SMILES string of the molecule is CCCCCCCCC(O)[C@H](O)[C@H]1OC(=O)C(=O)C1O. The lowest BCUT2D eigenvalue weighted by Gasteiger charge is -2.23. The predicted octanol–water partition coefficient (Wildman–Crippen LogP) is 0.314. The van der Waals surface area contributed by atoms with E-state index >= 15 is 0 Å². The molecule has 0 aliphatic carbocycles. The van der Waals surface area contributed by atoms with Crippen molar-refractivity contribution in [3.63, 3.8) is 0 Å². The van der Waals surface area contributed by atoms with Crippen LogP contribution < -0.4 is 0 Å². The first kappa shape index (κ1) is 17.1. The van der Waals surface area contributed by atoms with Crippen molar-refractivity contribution in [1.29, 1.82) is 0 Å². The molecule has 1 fully saturated rings. The zero-order valence-electron chi connectivity index (χ0n) is 11.8. The Bertz CT molecular complexity index is 330. The molecule has 0 saturated carbocycles. The van der Waals surface area contributed by atoms with E-state index in [-0.39, 0.29) is 0 Å². The molecule has 1 aliphatic rings. The van der Waals surface area contributed by atoms with E-state index in [1.807, 2.05) is 0 Å². The summed E-state index contributed by atoms with van der Waals surface area (Å²) in [6.45, 7) is 2.13. The van der Waals surface area contributed by atoms with Crippen molar-refractivity contribution < 1.29 is 29.6 Å². The Kier molecular flexibility index (Phi) is 7.12. The van der Waals surface area contributed by atoms with Crippen molar-refractivity contribution >= 4 is 11.8 Å². The minimum absolute atomic E-state index is 0.349. The zero-order valence-corrected chi connectivity index (χ0v) is 11.8. The molecule has 0 aromatic rings. The number of esters is 1. The maximum atomic E-state index is 11.1. The molecular formula is C14H24O6. The number of ketones is 1. The van der Waals surface area contributed by atoms with Crippen molar-refractivity contribution in [2.45, 2.75) is 76.3 Å². The van der Waals surface area contributed by atoms with Gasteiger partial charge in [0, 0.05) is 0 Å². The second kappa shape index (κ2) is 8.34. The maximum Gasteiger partial charge on any atom is 0.378 e. The number of unbranched alkanes of at least 4 members (excludes halogenated alkanes) is 5. The first-order valence-corrected chi connectivity index (χ1v) is 7.28. The number of carbonyl (C=O) groups is 2. The monoisotopic (exact) mass is 288 g/mol. The van der Waals surface area contributed by atoms with Gasteiger partial charge in [0.1, 0.15) is 6.10 Å². The smallest absolute Gasteiger partial charge is 0.378 e. The highest BCUT2D eigenvalue weighted by atomic mass is 16.6. The average molecular weight is 288 g/mol. The highest BCUT2D eigenvalue weighted by Gasteiger charge is 2.47. The molecule has 1 saturated heterocycles. The zero-order chi connectivity index (χ0) is 15.1. The number of cyclic esters (lactones) is 1. The van der Waals surface area contributed by atoms with E-state index in [1.165, 1.54) is 12.8 Å². The number of ether oxygens (including phenoxy) is 1. The Morgan fingerprint density at radius 2 is 1.70 bits per heavy atom. The van der Waals surface area contributed by atoms with Gasteiger partial charge in [0.05, 0.1) is 6.10 Å². The molecule has 20 heavy (non-hydrogen) atoms. The van der Waals surface area contributed by atoms with Gasteiger partial charge in [-0.2, -0.15) is 0 Å². The highest BCUT2D eigenvalue weighted by Crippen LogP contribution is 2.20. The van der Waals surface area contributed by atoms with Gasteiger partial charge in [-0.1, -0.05) is 45.4 Å². The fraction of sp³-hybridized carbons (Fsp3) is 0.857. The average Bonchev–Trinajstić information content (AvgIpc) is 2.69. The van der Waals surface area contributed by atoms with Gasteiger partial charge in [-0.3, -0.25) is 4.79 Å². The van der Waals surface area contributed by atoms with Crippen molar-refractivity contribution in [2.75, 3.05) is 0 Å². The first-order valence-electron chi connectivity index (χ1n) is 7.28. The molecule has 4 atom stereocenters. The summed E-state index contributed by atoms with van der Waals surface area (Å²) < 4.78 is 4.58. The quantitative estimate of drug-likeness (QED) is 0.320. The lowest BCUT2D eigenvalue weighted by Crippen LogP contribution is -2.44. The summed E-state index contributed by atoms with van der Waals surface area (Å²) in [5.74, 6) is -2.23. The van der Waals surface area contributed by atoms with Crippen LogP contribution in [0.2, 0.25) is 0 Å². The maximum absolute atomic E-state index is 11.1. The second-order valence-corrected chi connectivity index (χ2v) is 5.29. The molecule has 116 valence electrons. The number of aliphatic hydroxyl groups is 3. The van der Waals surface area contributed by atoms with Gasteiger partial charge in [0.25, 0.3) is 5.78 Å². The van der Waals surface area contributed by atoms with Crippen LogP contribution in [0.25, 0.3) is 0 Å². The molecule has 0 amide bonds. The van der Waals surface area contributed by atoms with Gasteiger partial charge >= 0.3 is 5.97 Å². The van der Waals surface area contributed by atoms with Gasteiger partial charge in [-0.25, -0.2) is 4.79 Å². The van der Waals surface area contributed by atoms with Crippen LogP contribution in [0.15, 0.2) is 0 Å². The second-order valence-electron chi connectivity index (χ2n) is 5.29. The van der Waals surface area contributed by atoms with Crippen molar-refractivity contribution in [3.8, 4) is 0 Å². The highest BCUT2D eigenvalue weighted by molar-refractivity contribution is 6.37. The normalized spacial score (nSPS) is 25.6. The van der Waals surface area contributed by atoms with Crippen LogP contribution >= 0.6 is 0 Å². The van der Waals surface area contributed by atoms with Crippen LogP contribution in [0, 0.1) is 0 Å². The van der Waals surface area contributed by atoms with Crippen LogP contribution in [0.5, 0.6) is 0 Å². The van der Waals surface area contributed by atoms with Crippen LogP contribution in [-0.4, -0.2) is 51.5 Å². The Morgan fingerprint density at radius 3 is 2.25 bits per heavy atom. The summed E-state index contributed by atoms with van der Waals surface area (Å²) in [7, 11) is 0. The van der Waals surface area contributed by atoms with Crippen LogP contribution in [0.3, 0.4) is 0 Å². The Labute approximate surface area is 118 Å². The number of Topliss-reactive ketones (excluding diaryl/α,β-unsaturated/α-hetero) is 1. The molecule has 2 unspecified atom stereocenters. The third-order valence-electron chi connectivity index (χ3n) is 3.61. The van der Waals surface area contributed by atoms with Gasteiger partial charge in [-0.15, -0.1) is 0 Å². The molecule has 0 spiro atoms. The predicted molar refractivity (Wildman–Crippen MR) is 70.9 cm³/mol. The standard InChI is InChI=1S/C14H24O6/c1-2-3-4-5-6-7-8-9(15)10(16)13-11(17)12(18)14(19)20-13/h9-11,13,15-17H,2-8H2,1H3/t9?,10-,11?,13+/m0/s1. The van der Waals surface area contributed by atoms with E-state index in [0.717, 1.165) is 25.7 Å². The van der Waals surface area contributed by atoms with E-state index in [2.05, 4.69) is 11.7 Å². The minimum atomic E-state index is -1.68. The van der Waals surface area contributed by atoms with Gasteiger partial charge in [0.2, 0.25) is 0 Å². The number of rotatable bonds is 9. The van der Waals surface area contributed by atoms with Crippen molar-refractivity contribution in [2.24, 2.45) is 0 Å². The van der Waals surface area contributed by atoms with E-state index in [4.69, 9.17) is 0 Å². The summed E-state index contributed by atoms with van der Waals surface area (Å²) in [6, 6.07) is 0. The summed E-state index contributed by atoms with van der Waals surface area (Å²) in [5, 5.41) is 29.1. The number of hydrogen-bond donors (Lipinski definition) is 3. The molecule has 1 heterocycles. The van der Waals surface area contributed by atoms with Crippen LogP contribution in [-0.2, 0) is 14.3 Å². The summed E-state index contributed by atoms with van der Waals surface area (Å²) in [4.78, 5) is 22.0. The van der Waals surface area contributed by atoms with Gasteiger partial charge < -0.3 is 20.1 Å². The molecule has 0 aromatic heterocycles. The first-order chi connectivity index (χ1) is 9.49. The van der Waals surface area contributed by atoms with E-state index in [0.29, 0.717) is 6.42 Å². The van der Waals surface area contributed by atoms with Crippen molar-refractivity contribution in [1.82, 2.24) is 0 Å². The lowest BCUT2D eigenvalue weighted by atomic mass is 9.98. The fourth-order valence-corrected chi connectivity index (χ4v) is 2.30. The summed E-state index contributed by atoms with van der Waals surface area (Å²) in [5.41, 5.74) is 0. The molecule has 1 rings (SSSR count). The molecule has 6 nitrogen and oxygen atoms in total. The lowest BCUT2D eigenvalue weighted by molar-refractivity contribution is -0.154. The van der Waals surface area contributed by atoms with Crippen LogP contribution in [0.1, 0.15) is 51.9 Å². The van der Waals surface area contributed by atoms with E-state index in [1.54, 1.807) is 0 Å². The van der Waals surface area contributed by atoms with Gasteiger partial charge in [-0.05, 0) is 6.42 Å². The Hall–Kier alpha value is -0.980. The summed E-state index contributed by atoms with van der Waals surface area (Å²) >= 11 is 0. The third kappa shape index (κ3) is 4.54. The molecule has 0 radical (unpaired) electrons. The third-order valence-corrected chi connectivity index (χ3v) is 3.61. The minimum Gasteiger partial charge on any atom is -0.450 e. The van der Waals surface area contributed by atoms with Gasteiger partial charge in [0.15, 0.2) is 12.2 Å². The molecule has 3 N–H and O–H groups in total. The number of hydrogen-bond acceptors (Lipinski definition) is 6. The van der Waals surface area contributed by atoms with E-state index in [9.17, 15) is 24.9 Å². The largest absolute Gasteiger partial charge is 0.450 e. The summed E-state index contributed by atoms with van der Waals surface area (Å²) in [6.07, 6.45) is 1.05. The van der Waals surface area contributed by atoms with Crippen molar-refractivity contribution in [3.05, 3.63) is 0 Å². The molecule has 1 aliphatic heterocycles. The Morgan fingerprint density at radius 1 is 1.10 bits per heavy atom. The molecule has 0 aromatic carbocycles.